The summed E-state index contributed by atoms with van der Waals surface area (Å²) in [4.78, 5) is 34.8. The molecule has 1 saturated heterocycles. The molecule has 0 aromatic carbocycles. The van der Waals surface area contributed by atoms with Crippen molar-refractivity contribution in [2.45, 2.75) is 25.3 Å². The number of aryl methyl sites for hydroxylation is 1. The Hall–Kier alpha value is -1.89. The molecule has 1 fully saturated rings. The van der Waals surface area contributed by atoms with Gasteiger partial charge in [-0.1, -0.05) is 6.07 Å². The summed E-state index contributed by atoms with van der Waals surface area (Å²) < 4.78 is 0. The van der Waals surface area contributed by atoms with Crippen LogP contribution in [0.2, 0.25) is 0 Å². The molecular weight excluding hydrogens is 266 g/mol. The van der Waals surface area contributed by atoms with E-state index in [-0.39, 0.29) is 11.8 Å². The molecule has 0 aliphatic carbocycles. The van der Waals surface area contributed by atoms with Gasteiger partial charge in [0.25, 0.3) is 5.91 Å². The zero-order valence-electron chi connectivity index (χ0n) is 10.3. The lowest BCUT2D eigenvalue weighted by atomic mass is 10.2. The summed E-state index contributed by atoms with van der Waals surface area (Å²) in [5, 5.41) is 9.35. The van der Waals surface area contributed by atoms with Crippen molar-refractivity contribution in [3.05, 3.63) is 22.4 Å². The van der Waals surface area contributed by atoms with Crippen molar-refractivity contribution in [1.29, 1.82) is 0 Å². The van der Waals surface area contributed by atoms with Crippen molar-refractivity contribution >= 4 is 29.2 Å². The van der Waals surface area contributed by atoms with Crippen molar-refractivity contribution in [2.24, 2.45) is 0 Å². The summed E-state index contributed by atoms with van der Waals surface area (Å²) in [5.74, 6) is -0.379. The van der Waals surface area contributed by atoms with E-state index in [1.807, 2.05) is 17.5 Å². The number of hydrogen-bond acceptors (Lipinski definition) is 4. The minimum absolute atomic E-state index is 0.0434. The van der Waals surface area contributed by atoms with E-state index in [9.17, 15) is 14.4 Å². The Morgan fingerprint density at radius 3 is 2.89 bits per heavy atom. The first-order valence-corrected chi connectivity index (χ1v) is 6.93. The van der Waals surface area contributed by atoms with E-state index >= 15 is 0 Å². The summed E-state index contributed by atoms with van der Waals surface area (Å²) in [5.41, 5.74) is 0. The van der Waals surface area contributed by atoms with Gasteiger partial charge in [0.1, 0.15) is 6.04 Å². The Morgan fingerprint density at radius 1 is 1.42 bits per heavy atom. The number of hydrogen-bond donors (Lipinski definition) is 3. The summed E-state index contributed by atoms with van der Waals surface area (Å²) in [6, 6.07) is 2.94. The third kappa shape index (κ3) is 4.06. The van der Waals surface area contributed by atoms with Crippen LogP contribution in [0.4, 0.5) is 4.79 Å². The molecule has 0 radical (unpaired) electrons. The Bertz CT molecular complexity index is 473. The third-order valence-electron chi connectivity index (χ3n) is 2.79. The van der Waals surface area contributed by atoms with Crippen molar-refractivity contribution in [3.63, 3.8) is 0 Å². The molecule has 102 valence electrons. The molecule has 1 atom stereocenters. The summed E-state index contributed by atoms with van der Waals surface area (Å²) in [7, 11) is 0. The normalized spacial score (nSPS) is 18.0. The molecule has 3 N–H and O–H groups in total. The van der Waals surface area contributed by atoms with E-state index in [4.69, 9.17) is 0 Å². The van der Waals surface area contributed by atoms with Crippen LogP contribution in [0, 0.1) is 0 Å². The highest BCUT2D eigenvalue weighted by Gasteiger charge is 2.28. The highest BCUT2D eigenvalue weighted by atomic mass is 32.1. The van der Waals surface area contributed by atoms with Crippen LogP contribution >= 0.6 is 11.3 Å². The highest BCUT2D eigenvalue weighted by molar-refractivity contribution is 7.09. The van der Waals surface area contributed by atoms with Crippen molar-refractivity contribution in [1.82, 2.24) is 16.0 Å². The maximum Gasteiger partial charge on any atom is 0.322 e. The molecule has 0 bridgehead atoms. The van der Waals surface area contributed by atoms with Gasteiger partial charge in [0.05, 0.1) is 0 Å². The van der Waals surface area contributed by atoms with Crippen LogP contribution in [0.3, 0.4) is 0 Å². The Morgan fingerprint density at radius 2 is 2.26 bits per heavy atom. The molecule has 0 spiro atoms. The van der Waals surface area contributed by atoms with Gasteiger partial charge >= 0.3 is 6.03 Å². The second-order valence-electron chi connectivity index (χ2n) is 4.23. The molecule has 1 aliphatic heterocycles. The lowest BCUT2D eigenvalue weighted by molar-refractivity contribution is -0.122. The van der Waals surface area contributed by atoms with Crippen LogP contribution in [-0.2, 0) is 16.0 Å². The first-order valence-electron chi connectivity index (χ1n) is 6.05. The van der Waals surface area contributed by atoms with Crippen molar-refractivity contribution in [3.8, 4) is 0 Å². The van der Waals surface area contributed by atoms with Gasteiger partial charge in [-0.2, -0.15) is 0 Å². The fraction of sp³-hybridized carbons (Fsp3) is 0.417. The number of thiophene rings is 1. The number of carbonyl (C=O) groups excluding carboxylic acids is 3. The van der Waals surface area contributed by atoms with E-state index in [0.717, 1.165) is 6.42 Å². The van der Waals surface area contributed by atoms with Crippen LogP contribution in [0.5, 0.6) is 0 Å². The highest BCUT2D eigenvalue weighted by Crippen LogP contribution is 2.10. The Labute approximate surface area is 114 Å². The SMILES string of the molecule is O=C(CCc1cccs1)NCCC1NC(=O)NC1=O. The van der Waals surface area contributed by atoms with Crippen LogP contribution in [0.1, 0.15) is 17.7 Å². The predicted octanol–water partition coefficient (Wildman–Crippen LogP) is 0.395. The number of amides is 4. The molecule has 2 rings (SSSR count). The van der Waals surface area contributed by atoms with Gasteiger partial charge in [0.2, 0.25) is 5.91 Å². The minimum atomic E-state index is -0.537. The van der Waals surface area contributed by atoms with Gasteiger partial charge in [-0.05, 0) is 24.3 Å². The second kappa shape index (κ2) is 6.33. The summed E-state index contributed by atoms with van der Waals surface area (Å²) >= 11 is 1.63. The van der Waals surface area contributed by atoms with Crippen molar-refractivity contribution < 1.29 is 14.4 Å². The molecule has 7 heteroatoms. The number of nitrogens with one attached hydrogen (secondary N) is 3. The third-order valence-corrected chi connectivity index (χ3v) is 3.73. The summed E-state index contributed by atoms with van der Waals surface area (Å²) in [6.45, 7) is 0.377. The monoisotopic (exact) mass is 281 g/mol. The molecular formula is C12H15N3O3S. The number of imide groups is 1. The topological polar surface area (TPSA) is 87.3 Å². The molecule has 1 aromatic heterocycles. The molecule has 2 heterocycles. The summed E-state index contributed by atoms with van der Waals surface area (Å²) in [6.07, 6.45) is 1.57. The van der Waals surface area contributed by atoms with Gasteiger partial charge in [-0.15, -0.1) is 11.3 Å². The lowest BCUT2D eigenvalue weighted by Crippen LogP contribution is -2.34. The van der Waals surface area contributed by atoms with Crippen LogP contribution < -0.4 is 16.0 Å². The Balaban J connectivity index is 1.61. The number of carbonyl (C=O) groups is 3. The standard InChI is InChI=1S/C12H15N3O3S/c16-10(4-3-8-2-1-7-19-8)13-6-5-9-11(17)15-12(18)14-9/h1-2,7,9H,3-6H2,(H,13,16)(H2,14,15,17,18). The molecule has 0 saturated carbocycles. The van der Waals surface area contributed by atoms with Gasteiger partial charge < -0.3 is 10.6 Å². The zero-order chi connectivity index (χ0) is 13.7. The van der Waals surface area contributed by atoms with Crippen molar-refractivity contribution in [2.75, 3.05) is 6.54 Å². The van der Waals surface area contributed by atoms with E-state index in [2.05, 4.69) is 16.0 Å². The first-order chi connectivity index (χ1) is 9.15. The quantitative estimate of drug-likeness (QED) is 0.659. The smallest absolute Gasteiger partial charge is 0.322 e. The Kier molecular flexibility index (Phi) is 4.51. The van der Waals surface area contributed by atoms with Gasteiger partial charge in [0, 0.05) is 17.8 Å². The molecule has 1 aliphatic rings. The maximum absolute atomic E-state index is 11.6. The average molecular weight is 281 g/mol. The number of rotatable bonds is 6. The fourth-order valence-electron chi connectivity index (χ4n) is 1.80. The van der Waals surface area contributed by atoms with Gasteiger partial charge in [-0.3, -0.25) is 14.9 Å². The average Bonchev–Trinajstić information content (AvgIpc) is 2.97. The molecule has 1 aromatic rings. The predicted molar refractivity (Wildman–Crippen MR) is 70.7 cm³/mol. The van der Waals surface area contributed by atoms with E-state index < -0.39 is 12.1 Å². The molecule has 19 heavy (non-hydrogen) atoms. The molecule has 1 unspecified atom stereocenters. The largest absolute Gasteiger partial charge is 0.356 e. The lowest BCUT2D eigenvalue weighted by Gasteiger charge is -2.08. The molecule has 6 nitrogen and oxygen atoms in total. The van der Waals surface area contributed by atoms with Gasteiger partial charge in [-0.25, -0.2) is 4.79 Å². The van der Waals surface area contributed by atoms with E-state index in [0.29, 0.717) is 19.4 Å². The van der Waals surface area contributed by atoms with Crippen LogP contribution in [0.15, 0.2) is 17.5 Å². The van der Waals surface area contributed by atoms with Crippen LogP contribution in [-0.4, -0.2) is 30.4 Å². The first kappa shape index (κ1) is 13.5. The maximum atomic E-state index is 11.6. The van der Waals surface area contributed by atoms with Gasteiger partial charge in [0.15, 0.2) is 0 Å². The fourth-order valence-corrected chi connectivity index (χ4v) is 2.51. The van der Waals surface area contributed by atoms with Crippen LogP contribution in [0.25, 0.3) is 0 Å². The second-order valence-corrected chi connectivity index (χ2v) is 5.27. The van der Waals surface area contributed by atoms with E-state index in [1.165, 1.54) is 4.88 Å². The zero-order valence-corrected chi connectivity index (χ0v) is 11.1. The minimum Gasteiger partial charge on any atom is -0.356 e. The van der Waals surface area contributed by atoms with E-state index in [1.54, 1.807) is 11.3 Å². The number of urea groups is 1. The molecule has 4 amide bonds.